The van der Waals surface area contributed by atoms with Gasteiger partial charge in [-0.15, -0.1) is 0 Å². The first-order valence-electron chi connectivity index (χ1n) is 11.9. The zero-order valence-electron chi connectivity index (χ0n) is 22.8. The van der Waals surface area contributed by atoms with E-state index in [4.69, 9.17) is 9.47 Å². The van der Waals surface area contributed by atoms with E-state index in [2.05, 4.69) is 10.6 Å². The van der Waals surface area contributed by atoms with E-state index in [1.165, 1.54) is 4.90 Å². The number of methoxy groups -OCH3 is 1. The molecule has 0 radical (unpaired) electrons. The Kier molecular flexibility index (Phi) is 9.13. The lowest BCUT2D eigenvalue weighted by Gasteiger charge is -2.41. The molecule has 8 heteroatoms. The topological polar surface area (TPSA) is 97.0 Å². The van der Waals surface area contributed by atoms with Gasteiger partial charge in [-0.3, -0.25) is 9.59 Å². The molecule has 8 nitrogen and oxygen atoms in total. The lowest BCUT2D eigenvalue weighted by molar-refractivity contribution is -0.144. The van der Waals surface area contributed by atoms with Crippen molar-refractivity contribution < 1.29 is 23.9 Å². The van der Waals surface area contributed by atoms with Crippen LogP contribution in [0.1, 0.15) is 64.3 Å². The minimum Gasteiger partial charge on any atom is -0.497 e. The average Bonchev–Trinajstić information content (AvgIpc) is 2.73. The van der Waals surface area contributed by atoms with Crippen molar-refractivity contribution in [3.05, 3.63) is 59.2 Å². The highest BCUT2D eigenvalue weighted by Gasteiger charge is 2.38. The molecule has 0 aromatic heterocycles. The van der Waals surface area contributed by atoms with Crippen LogP contribution in [0.3, 0.4) is 0 Å². The van der Waals surface area contributed by atoms with Gasteiger partial charge in [0.15, 0.2) is 0 Å². The summed E-state index contributed by atoms with van der Waals surface area (Å²) in [6, 6.07) is 11.8. The number of anilines is 1. The second-order valence-electron chi connectivity index (χ2n) is 10.8. The second kappa shape index (κ2) is 11.5. The van der Waals surface area contributed by atoms with E-state index in [9.17, 15) is 14.4 Å². The van der Waals surface area contributed by atoms with Crippen LogP contribution in [0.4, 0.5) is 10.5 Å². The molecule has 0 heterocycles. The van der Waals surface area contributed by atoms with Crippen molar-refractivity contribution >= 4 is 23.6 Å². The Morgan fingerprint density at radius 1 is 0.917 bits per heavy atom. The van der Waals surface area contributed by atoms with Crippen molar-refractivity contribution in [1.29, 1.82) is 0 Å². The van der Waals surface area contributed by atoms with E-state index < -0.39 is 29.2 Å². The normalized spacial score (nSPS) is 12.4. The standard InChI is InChI=1S/C28H39N3O5/c1-18-14-19(2)16-20(15-18)24(25(33)30-21-10-12-22(35-9)13-11-21)31(27(3,4)5)23(32)17-29-26(34)36-28(6,7)8/h10-16,24H,17H2,1-9H3,(H,29,34)(H,30,33). The molecular weight excluding hydrogens is 458 g/mol. The van der Waals surface area contributed by atoms with Crippen LogP contribution in [0.15, 0.2) is 42.5 Å². The van der Waals surface area contributed by atoms with Crippen LogP contribution < -0.4 is 15.4 Å². The summed E-state index contributed by atoms with van der Waals surface area (Å²) >= 11 is 0. The Labute approximate surface area is 214 Å². The summed E-state index contributed by atoms with van der Waals surface area (Å²) < 4.78 is 10.5. The second-order valence-corrected chi connectivity index (χ2v) is 10.8. The fourth-order valence-corrected chi connectivity index (χ4v) is 3.92. The summed E-state index contributed by atoms with van der Waals surface area (Å²) in [6.45, 7) is 14.4. The molecule has 0 bridgehead atoms. The number of alkyl carbamates (subject to hydrolysis) is 1. The van der Waals surface area contributed by atoms with Gasteiger partial charge in [0.25, 0.3) is 5.91 Å². The van der Waals surface area contributed by atoms with Crippen molar-refractivity contribution in [2.24, 2.45) is 0 Å². The maximum absolute atomic E-state index is 13.8. The number of amides is 3. The number of aryl methyl sites for hydroxylation is 2. The first-order valence-corrected chi connectivity index (χ1v) is 11.9. The summed E-state index contributed by atoms with van der Waals surface area (Å²) in [5, 5.41) is 5.46. The number of carbonyl (C=O) groups is 3. The molecule has 2 N–H and O–H groups in total. The molecule has 0 saturated carbocycles. The summed E-state index contributed by atoms with van der Waals surface area (Å²) in [6.07, 6.45) is -0.699. The first kappa shape index (κ1) is 28.7. The number of nitrogens with zero attached hydrogens (tertiary/aromatic N) is 1. The van der Waals surface area contributed by atoms with E-state index in [1.807, 2.05) is 52.8 Å². The van der Waals surface area contributed by atoms with Crippen molar-refractivity contribution in [2.75, 3.05) is 19.0 Å². The average molecular weight is 498 g/mol. The molecule has 36 heavy (non-hydrogen) atoms. The van der Waals surface area contributed by atoms with Crippen molar-refractivity contribution in [3.8, 4) is 5.75 Å². The zero-order chi connectivity index (χ0) is 27.3. The predicted molar refractivity (Wildman–Crippen MR) is 141 cm³/mol. The highest BCUT2D eigenvalue weighted by molar-refractivity contribution is 5.98. The highest BCUT2D eigenvalue weighted by atomic mass is 16.6. The van der Waals surface area contributed by atoms with Crippen molar-refractivity contribution in [1.82, 2.24) is 10.2 Å². The smallest absolute Gasteiger partial charge is 0.408 e. The van der Waals surface area contributed by atoms with Crippen LogP contribution in [0.5, 0.6) is 5.75 Å². The zero-order valence-corrected chi connectivity index (χ0v) is 22.8. The number of benzene rings is 2. The van der Waals surface area contributed by atoms with Crippen LogP contribution in [0.25, 0.3) is 0 Å². The van der Waals surface area contributed by atoms with E-state index in [-0.39, 0.29) is 12.5 Å². The number of nitrogens with one attached hydrogen (secondary N) is 2. The van der Waals surface area contributed by atoms with Crippen LogP contribution >= 0.6 is 0 Å². The summed E-state index contributed by atoms with van der Waals surface area (Å²) in [7, 11) is 1.57. The monoisotopic (exact) mass is 497 g/mol. The molecule has 1 unspecified atom stereocenters. The van der Waals surface area contributed by atoms with Crippen molar-refractivity contribution in [2.45, 2.75) is 72.6 Å². The quantitative estimate of drug-likeness (QED) is 0.552. The van der Waals surface area contributed by atoms with Crippen molar-refractivity contribution in [3.63, 3.8) is 0 Å². The van der Waals surface area contributed by atoms with Crippen LogP contribution in [-0.4, -0.2) is 47.6 Å². The van der Waals surface area contributed by atoms with Crippen LogP contribution in [0, 0.1) is 13.8 Å². The van der Waals surface area contributed by atoms with Gasteiger partial charge in [-0.1, -0.05) is 29.3 Å². The van der Waals surface area contributed by atoms with Gasteiger partial charge < -0.3 is 25.0 Å². The van der Waals surface area contributed by atoms with E-state index >= 15 is 0 Å². The van der Waals surface area contributed by atoms with Gasteiger partial charge in [0.05, 0.1) is 7.11 Å². The lowest BCUT2D eigenvalue weighted by Crippen LogP contribution is -2.54. The van der Waals surface area contributed by atoms with Gasteiger partial charge in [0.1, 0.15) is 23.9 Å². The van der Waals surface area contributed by atoms with E-state index in [1.54, 1.807) is 52.1 Å². The molecule has 2 rings (SSSR count). The maximum atomic E-state index is 13.8. The third kappa shape index (κ3) is 8.29. The minimum absolute atomic E-state index is 0.316. The Morgan fingerprint density at radius 2 is 1.47 bits per heavy atom. The number of rotatable bonds is 7. The van der Waals surface area contributed by atoms with Gasteiger partial charge in [-0.2, -0.15) is 0 Å². The first-order chi connectivity index (χ1) is 16.6. The Morgan fingerprint density at radius 3 is 1.94 bits per heavy atom. The molecule has 0 aliphatic carbocycles. The number of ether oxygens (including phenoxy) is 2. The number of hydrogen-bond acceptors (Lipinski definition) is 5. The Bertz CT molecular complexity index is 1060. The molecule has 3 amide bonds. The fraction of sp³-hybridized carbons (Fsp3) is 0.464. The van der Waals surface area contributed by atoms with E-state index in [0.717, 1.165) is 11.1 Å². The predicted octanol–water partition coefficient (Wildman–Crippen LogP) is 5.14. The third-order valence-corrected chi connectivity index (χ3v) is 5.20. The fourth-order valence-electron chi connectivity index (χ4n) is 3.92. The summed E-state index contributed by atoms with van der Waals surface area (Å²) in [5.74, 6) is -0.119. The largest absolute Gasteiger partial charge is 0.497 e. The highest BCUT2D eigenvalue weighted by Crippen LogP contribution is 2.31. The van der Waals surface area contributed by atoms with E-state index in [0.29, 0.717) is 17.0 Å². The Balaban J connectivity index is 2.45. The minimum atomic E-state index is -0.946. The SMILES string of the molecule is COc1ccc(NC(=O)C(c2cc(C)cc(C)c2)N(C(=O)CNC(=O)OC(C)(C)C)C(C)(C)C)cc1. The molecule has 1 atom stereocenters. The number of carbonyl (C=O) groups excluding carboxylic acids is 3. The molecule has 0 aliphatic rings. The van der Waals surface area contributed by atoms with Gasteiger partial charge >= 0.3 is 6.09 Å². The van der Waals surface area contributed by atoms with Crippen LogP contribution in [-0.2, 0) is 14.3 Å². The maximum Gasteiger partial charge on any atom is 0.408 e. The third-order valence-electron chi connectivity index (χ3n) is 5.20. The van der Waals surface area contributed by atoms with Crippen LogP contribution in [0.2, 0.25) is 0 Å². The molecule has 0 fully saturated rings. The lowest BCUT2D eigenvalue weighted by atomic mass is 9.94. The molecule has 0 aliphatic heterocycles. The molecular formula is C28H39N3O5. The van der Waals surface area contributed by atoms with Gasteiger partial charge in [-0.25, -0.2) is 4.79 Å². The van der Waals surface area contributed by atoms with Gasteiger partial charge in [-0.05, 0) is 85.2 Å². The summed E-state index contributed by atoms with van der Waals surface area (Å²) in [4.78, 5) is 41.0. The molecule has 0 spiro atoms. The molecule has 0 saturated heterocycles. The number of hydrogen-bond donors (Lipinski definition) is 2. The molecule has 196 valence electrons. The Hall–Kier alpha value is -3.55. The van der Waals surface area contributed by atoms with Gasteiger partial charge in [0.2, 0.25) is 5.91 Å². The van der Waals surface area contributed by atoms with Gasteiger partial charge in [0, 0.05) is 11.2 Å². The molecule has 2 aromatic rings. The molecule has 2 aromatic carbocycles. The summed E-state index contributed by atoms with van der Waals surface area (Å²) in [5.41, 5.74) is 1.76.